The van der Waals surface area contributed by atoms with Crippen LogP contribution in [0.25, 0.3) is 0 Å². The van der Waals surface area contributed by atoms with E-state index in [1.165, 1.54) is 0 Å². The fourth-order valence-electron chi connectivity index (χ4n) is 1.16. The minimum atomic E-state index is 0.266. The van der Waals surface area contributed by atoms with Crippen LogP contribution in [0.2, 0.25) is 0 Å². The molecule has 0 radical (unpaired) electrons. The minimum Gasteiger partial charge on any atom is -0.389 e. The van der Waals surface area contributed by atoms with Crippen molar-refractivity contribution in [2.45, 2.75) is 26.2 Å². The number of rotatable bonds is 2. The summed E-state index contributed by atoms with van der Waals surface area (Å²) in [6.45, 7) is 2.96. The van der Waals surface area contributed by atoms with Gasteiger partial charge in [0.25, 0.3) is 0 Å². The van der Waals surface area contributed by atoms with Gasteiger partial charge in [-0.1, -0.05) is 0 Å². The van der Waals surface area contributed by atoms with Crippen LogP contribution in [0.3, 0.4) is 0 Å². The highest BCUT2D eigenvalue weighted by Gasteiger charge is 2.07. The lowest BCUT2D eigenvalue weighted by Gasteiger charge is -2.12. The van der Waals surface area contributed by atoms with E-state index in [4.69, 9.17) is 0 Å². The largest absolute Gasteiger partial charge is 0.389 e. The van der Waals surface area contributed by atoms with Gasteiger partial charge in [0.05, 0.1) is 0 Å². The number of hydrogen-bond acceptors (Lipinski definition) is 2. The van der Waals surface area contributed by atoms with Crippen LogP contribution in [0, 0.1) is 0 Å². The smallest absolute Gasteiger partial charge is 0.157 e. The molecule has 0 bridgehead atoms. The molecule has 1 N–H and O–H groups in total. The monoisotopic (exact) mass is 139 g/mol. The summed E-state index contributed by atoms with van der Waals surface area (Å²) in [5, 5.41) is 3.16. The van der Waals surface area contributed by atoms with E-state index in [1.807, 2.05) is 6.92 Å². The summed E-state index contributed by atoms with van der Waals surface area (Å²) in [6.07, 6.45) is 4.51. The molecular weight excluding hydrogens is 126 g/mol. The average molecular weight is 139 g/mol. The minimum absolute atomic E-state index is 0.266. The topological polar surface area (TPSA) is 29.1 Å². The van der Waals surface area contributed by atoms with Crippen molar-refractivity contribution >= 4 is 5.78 Å². The lowest BCUT2D eigenvalue weighted by Crippen LogP contribution is -2.16. The van der Waals surface area contributed by atoms with Crippen LogP contribution in [0.4, 0.5) is 0 Å². The average Bonchev–Trinajstić information content (AvgIpc) is 1.88. The lowest BCUT2D eigenvalue weighted by molar-refractivity contribution is -0.115. The first-order valence-electron chi connectivity index (χ1n) is 3.80. The summed E-state index contributed by atoms with van der Waals surface area (Å²) in [5.41, 5.74) is 1.11. The molecule has 0 unspecified atom stereocenters. The summed E-state index contributed by atoms with van der Waals surface area (Å²) in [6, 6.07) is 0. The molecule has 0 spiro atoms. The van der Waals surface area contributed by atoms with Crippen LogP contribution in [-0.4, -0.2) is 12.3 Å². The van der Waals surface area contributed by atoms with Gasteiger partial charge in [-0.15, -0.1) is 0 Å². The Balaban J connectivity index is 2.49. The number of hydrogen-bond donors (Lipinski definition) is 1. The Hall–Kier alpha value is -0.790. The predicted molar refractivity (Wildman–Crippen MR) is 40.6 cm³/mol. The molecule has 0 atom stereocenters. The molecule has 0 heterocycles. The Morgan fingerprint density at radius 3 is 3.00 bits per heavy atom. The fourth-order valence-corrected chi connectivity index (χ4v) is 1.16. The molecule has 0 aromatic heterocycles. The molecule has 0 saturated heterocycles. The maximum Gasteiger partial charge on any atom is 0.157 e. The van der Waals surface area contributed by atoms with Crippen molar-refractivity contribution in [3.8, 4) is 0 Å². The van der Waals surface area contributed by atoms with E-state index >= 15 is 0 Å². The van der Waals surface area contributed by atoms with Gasteiger partial charge in [0.1, 0.15) is 0 Å². The molecule has 0 aromatic rings. The van der Waals surface area contributed by atoms with E-state index in [0.717, 1.165) is 31.5 Å². The molecule has 0 aromatic carbocycles. The molecule has 1 rings (SSSR count). The standard InChI is InChI=1S/C8H13NO/c1-2-9-7-4-3-5-8(10)6-7/h6,9H,2-5H2,1H3. The zero-order chi connectivity index (χ0) is 7.40. The van der Waals surface area contributed by atoms with Crippen molar-refractivity contribution in [2.24, 2.45) is 0 Å². The number of ketones is 1. The van der Waals surface area contributed by atoms with Gasteiger partial charge < -0.3 is 5.32 Å². The van der Waals surface area contributed by atoms with Gasteiger partial charge in [0, 0.05) is 24.7 Å². The maximum atomic E-state index is 10.8. The molecule has 0 fully saturated rings. The van der Waals surface area contributed by atoms with Gasteiger partial charge in [-0.2, -0.15) is 0 Å². The molecule has 0 amide bonds. The first-order chi connectivity index (χ1) is 4.83. The molecule has 2 nitrogen and oxygen atoms in total. The summed E-state index contributed by atoms with van der Waals surface area (Å²) >= 11 is 0. The van der Waals surface area contributed by atoms with Crippen LogP contribution in [-0.2, 0) is 4.79 Å². The van der Waals surface area contributed by atoms with Crippen molar-refractivity contribution in [1.82, 2.24) is 5.32 Å². The Labute approximate surface area is 61.3 Å². The number of nitrogens with one attached hydrogen (secondary N) is 1. The van der Waals surface area contributed by atoms with Crippen molar-refractivity contribution in [1.29, 1.82) is 0 Å². The molecule has 0 saturated carbocycles. The zero-order valence-electron chi connectivity index (χ0n) is 6.31. The SMILES string of the molecule is CCNC1=CC(=O)CCC1. The Morgan fingerprint density at radius 1 is 1.60 bits per heavy atom. The Bertz CT molecular complexity index is 161. The van der Waals surface area contributed by atoms with E-state index in [1.54, 1.807) is 6.08 Å². The van der Waals surface area contributed by atoms with Crippen molar-refractivity contribution in [3.63, 3.8) is 0 Å². The number of carbonyl (C=O) groups is 1. The van der Waals surface area contributed by atoms with Gasteiger partial charge >= 0.3 is 0 Å². The third kappa shape index (κ3) is 1.87. The number of carbonyl (C=O) groups excluding carboxylic acids is 1. The molecule has 2 heteroatoms. The van der Waals surface area contributed by atoms with Crippen molar-refractivity contribution in [2.75, 3.05) is 6.54 Å². The van der Waals surface area contributed by atoms with E-state index in [0.29, 0.717) is 0 Å². The molecule has 1 aliphatic carbocycles. The van der Waals surface area contributed by atoms with Crippen LogP contribution in [0.5, 0.6) is 0 Å². The third-order valence-electron chi connectivity index (χ3n) is 1.61. The van der Waals surface area contributed by atoms with Gasteiger partial charge in [-0.25, -0.2) is 0 Å². The van der Waals surface area contributed by atoms with E-state index < -0.39 is 0 Å². The maximum absolute atomic E-state index is 10.8. The lowest BCUT2D eigenvalue weighted by atomic mass is 10.0. The fraction of sp³-hybridized carbons (Fsp3) is 0.625. The van der Waals surface area contributed by atoms with Gasteiger partial charge in [-0.05, 0) is 19.8 Å². The highest BCUT2D eigenvalue weighted by molar-refractivity contribution is 5.90. The molecule has 0 aliphatic heterocycles. The van der Waals surface area contributed by atoms with Crippen LogP contribution in [0.15, 0.2) is 11.8 Å². The van der Waals surface area contributed by atoms with Crippen molar-refractivity contribution < 1.29 is 4.79 Å². The van der Waals surface area contributed by atoms with E-state index in [2.05, 4.69) is 5.32 Å². The second-order valence-electron chi connectivity index (χ2n) is 2.52. The molecule has 1 aliphatic rings. The van der Waals surface area contributed by atoms with Crippen molar-refractivity contribution in [3.05, 3.63) is 11.8 Å². The first kappa shape index (κ1) is 7.32. The second kappa shape index (κ2) is 3.40. The normalized spacial score (nSPS) is 18.5. The van der Waals surface area contributed by atoms with Gasteiger partial charge in [0.2, 0.25) is 0 Å². The highest BCUT2D eigenvalue weighted by atomic mass is 16.1. The third-order valence-corrected chi connectivity index (χ3v) is 1.61. The van der Waals surface area contributed by atoms with E-state index in [9.17, 15) is 4.79 Å². The summed E-state index contributed by atoms with van der Waals surface area (Å²) in [5.74, 6) is 0.266. The Kier molecular flexibility index (Phi) is 2.49. The van der Waals surface area contributed by atoms with E-state index in [-0.39, 0.29) is 5.78 Å². The zero-order valence-corrected chi connectivity index (χ0v) is 6.31. The quantitative estimate of drug-likeness (QED) is 0.623. The van der Waals surface area contributed by atoms with Gasteiger partial charge in [0.15, 0.2) is 5.78 Å². The predicted octanol–water partition coefficient (Wildman–Crippen LogP) is 1.23. The first-order valence-corrected chi connectivity index (χ1v) is 3.80. The molecule has 10 heavy (non-hydrogen) atoms. The summed E-state index contributed by atoms with van der Waals surface area (Å²) in [7, 11) is 0. The summed E-state index contributed by atoms with van der Waals surface area (Å²) < 4.78 is 0. The molecular formula is C8H13NO. The second-order valence-corrected chi connectivity index (χ2v) is 2.52. The van der Waals surface area contributed by atoms with Gasteiger partial charge in [-0.3, -0.25) is 4.79 Å². The van der Waals surface area contributed by atoms with Crippen LogP contribution >= 0.6 is 0 Å². The van der Waals surface area contributed by atoms with Crippen LogP contribution in [0.1, 0.15) is 26.2 Å². The molecule has 56 valence electrons. The summed E-state index contributed by atoms with van der Waals surface area (Å²) in [4.78, 5) is 10.8. The highest BCUT2D eigenvalue weighted by Crippen LogP contribution is 2.11. The Morgan fingerprint density at radius 2 is 2.40 bits per heavy atom. The number of allylic oxidation sites excluding steroid dienone is 2. The van der Waals surface area contributed by atoms with Crippen LogP contribution < -0.4 is 5.32 Å².